The van der Waals surface area contributed by atoms with E-state index >= 15 is 4.39 Å². The van der Waals surface area contributed by atoms with Crippen LogP contribution in [0, 0.1) is 11.6 Å². The maximum Gasteiger partial charge on any atom is 0.412 e. The predicted octanol–water partition coefficient (Wildman–Crippen LogP) is 6.14. The van der Waals surface area contributed by atoms with Gasteiger partial charge in [-0.2, -0.15) is 10.2 Å². The number of carbonyl (C=O) groups is 2. The Labute approximate surface area is 206 Å². The number of ether oxygens (including phenoxy) is 3. The van der Waals surface area contributed by atoms with Gasteiger partial charge in [-0.15, -0.1) is 0 Å². The van der Waals surface area contributed by atoms with E-state index in [1.165, 1.54) is 48.7 Å². The maximum atomic E-state index is 15.7. The van der Waals surface area contributed by atoms with Gasteiger partial charge in [0.2, 0.25) is 0 Å². The Morgan fingerprint density at radius 3 is 2.50 bits per heavy atom. The van der Waals surface area contributed by atoms with Crippen LogP contribution in [0.4, 0.5) is 19.3 Å². The molecule has 0 bridgehead atoms. The molecule has 0 radical (unpaired) electrons. The number of hydrogen-bond donors (Lipinski definition) is 1. The highest BCUT2D eigenvalue weighted by Crippen LogP contribution is 2.40. The summed E-state index contributed by atoms with van der Waals surface area (Å²) >= 11 is 0. The SMILES string of the molecule is CCOC(=O)/C=C/c1nnccc1-c1ccc(NC(=O)OC(C)(C)C)c(F)c1Oc1ccccc1F. The van der Waals surface area contributed by atoms with Gasteiger partial charge in [0.15, 0.2) is 23.1 Å². The molecule has 0 aliphatic heterocycles. The first-order valence-electron chi connectivity index (χ1n) is 11.0. The standard InChI is InChI=1S/C26H25F2N3O5/c1-5-34-22(32)13-12-19-16(14-15-29-31-19)17-10-11-20(30-25(33)36-26(2,3)4)23(28)24(17)35-21-9-7-6-8-18(21)27/h6-15H,5H2,1-4H3,(H,30,33)/b13-12+. The van der Waals surface area contributed by atoms with Gasteiger partial charge >= 0.3 is 12.1 Å². The highest BCUT2D eigenvalue weighted by atomic mass is 19.1. The second-order valence-electron chi connectivity index (χ2n) is 8.38. The number of para-hydroxylation sites is 1. The molecule has 0 saturated heterocycles. The van der Waals surface area contributed by atoms with Crippen molar-refractivity contribution >= 4 is 23.8 Å². The van der Waals surface area contributed by atoms with E-state index in [4.69, 9.17) is 14.2 Å². The van der Waals surface area contributed by atoms with Crippen LogP contribution in [-0.4, -0.2) is 34.5 Å². The van der Waals surface area contributed by atoms with Gasteiger partial charge in [0, 0.05) is 17.2 Å². The van der Waals surface area contributed by atoms with Crippen molar-refractivity contribution in [2.75, 3.05) is 11.9 Å². The molecule has 0 unspecified atom stereocenters. The minimum Gasteiger partial charge on any atom is -0.463 e. The topological polar surface area (TPSA) is 99.6 Å². The van der Waals surface area contributed by atoms with Crippen LogP contribution in [0.25, 0.3) is 17.2 Å². The van der Waals surface area contributed by atoms with Crippen LogP contribution in [0.15, 0.2) is 54.7 Å². The second-order valence-corrected chi connectivity index (χ2v) is 8.38. The summed E-state index contributed by atoms with van der Waals surface area (Å²) in [6.45, 7) is 6.86. The Balaban J connectivity index is 2.11. The lowest BCUT2D eigenvalue weighted by molar-refractivity contribution is -0.137. The van der Waals surface area contributed by atoms with Gasteiger partial charge in [-0.1, -0.05) is 12.1 Å². The van der Waals surface area contributed by atoms with Crippen molar-refractivity contribution < 1.29 is 32.6 Å². The third kappa shape index (κ3) is 6.84. The molecule has 0 aliphatic carbocycles. The minimum atomic E-state index is -0.973. The average molecular weight is 497 g/mol. The van der Waals surface area contributed by atoms with Crippen LogP contribution in [0.2, 0.25) is 0 Å². The van der Waals surface area contributed by atoms with Crippen LogP contribution in [-0.2, 0) is 14.3 Å². The van der Waals surface area contributed by atoms with E-state index < -0.39 is 29.3 Å². The van der Waals surface area contributed by atoms with E-state index in [-0.39, 0.29) is 35.1 Å². The quantitative estimate of drug-likeness (QED) is 0.309. The molecule has 1 heterocycles. The van der Waals surface area contributed by atoms with E-state index in [1.54, 1.807) is 27.7 Å². The second kappa shape index (κ2) is 11.4. The van der Waals surface area contributed by atoms with Gasteiger partial charge in [0.25, 0.3) is 0 Å². The van der Waals surface area contributed by atoms with Crippen LogP contribution in [0.3, 0.4) is 0 Å². The summed E-state index contributed by atoms with van der Waals surface area (Å²) in [4.78, 5) is 24.0. The molecule has 188 valence electrons. The fourth-order valence-corrected chi connectivity index (χ4v) is 3.05. The number of amides is 1. The number of esters is 1. The number of hydrogen-bond acceptors (Lipinski definition) is 7. The summed E-state index contributed by atoms with van der Waals surface area (Å²) in [6.07, 6.45) is 3.00. The van der Waals surface area contributed by atoms with Crippen LogP contribution < -0.4 is 10.1 Å². The molecule has 10 heteroatoms. The number of halogens is 2. The Hall–Kier alpha value is -4.34. The minimum absolute atomic E-state index is 0.170. The van der Waals surface area contributed by atoms with E-state index in [2.05, 4.69) is 15.5 Å². The third-order valence-electron chi connectivity index (χ3n) is 4.48. The first-order valence-corrected chi connectivity index (χ1v) is 11.0. The smallest absolute Gasteiger partial charge is 0.412 e. The maximum absolute atomic E-state index is 15.7. The van der Waals surface area contributed by atoms with E-state index in [0.29, 0.717) is 5.56 Å². The molecule has 36 heavy (non-hydrogen) atoms. The molecule has 3 aromatic rings. The number of rotatable bonds is 7. The van der Waals surface area contributed by atoms with E-state index in [1.807, 2.05) is 0 Å². The molecular weight excluding hydrogens is 472 g/mol. The lowest BCUT2D eigenvalue weighted by atomic mass is 10.0. The highest BCUT2D eigenvalue weighted by Gasteiger charge is 2.23. The Bertz CT molecular complexity index is 1290. The Kier molecular flexibility index (Phi) is 8.31. The summed E-state index contributed by atoms with van der Waals surface area (Å²) < 4.78 is 45.8. The largest absolute Gasteiger partial charge is 0.463 e. The number of benzene rings is 2. The first kappa shape index (κ1) is 26.3. The number of nitrogens with zero attached hydrogens (tertiary/aromatic N) is 2. The summed E-state index contributed by atoms with van der Waals surface area (Å²) in [6, 6.07) is 9.79. The van der Waals surface area contributed by atoms with Crippen LogP contribution >= 0.6 is 0 Å². The summed E-state index contributed by atoms with van der Waals surface area (Å²) in [5.41, 5.74) is -0.347. The fraction of sp³-hybridized carbons (Fsp3) is 0.231. The molecule has 0 aliphatic rings. The lowest BCUT2D eigenvalue weighted by Crippen LogP contribution is -2.27. The number of aromatic nitrogens is 2. The van der Waals surface area contributed by atoms with Crippen molar-refractivity contribution in [3.05, 3.63) is 72.1 Å². The molecular formula is C26H25F2N3O5. The molecule has 3 rings (SSSR count). The molecule has 1 N–H and O–H groups in total. The Morgan fingerprint density at radius 1 is 1.06 bits per heavy atom. The fourth-order valence-electron chi connectivity index (χ4n) is 3.05. The zero-order valence-electron chi connectivity index (χ0n) is 20.2. The monoisotopic (exact) mass is 497 g/mol. The molecule has 1 amide bonds. The van der Waals surface area contributed by atoms with Crippen molar-refractivity contribution in [3.63, 3.8) is 0 Å². The van der Waals surface area contributed by atoms with Gasteiger partial charge in [-0.25, -0.2) is 18.4 Å². The average Bonchev–Trinajstić information content (AvgIpc) is 2.81. The van der Waals surface area contributed by atoms with Gasteiger partial charge in [0.1, 0.15) is 5.60 Å². The lowest BCUT2D eigenvalue weighted by Gasteiger charge is -2.21. The zero-order chi connectivity index (χ0) is 26.3. The molecule has 1 aromatic heterocycles. The molecule has 0 atom stereocenters. The molecule has 0 fully saturated rings. The molecule has 0 saturated carbocycles. The van der Waals surface area contributed by atoms with Crippen molar-refractivity contribution in [2.45, 2.75) is 33.3 Å². The number of nitrogens with one attached hydrogen (secondary N) is 1. The molecule has 0 spiro atoms. The van der Waals surface area contributed by atoms with Gasteiger partial charge < -0.3 is 14.2 Å². The van der Waals surface area contributed by atoms with Crippen molar-refractivity contribution in [2.24, 2.45) is 0 Å². The van der Waals surface area contributed by atoms with Crippen molar-refractivity contribution in [3.8, 4) is 22.6 Å². The van der Waals surface area contributed by atoms with E-state index in [0.717, 1.165) is 12.1 Å². The first-order chi connectivity index (χ1) is 17.1. The van der Waals surface area contributed by atoms with Crippen LogP contribution in [0.5, 0.6) is 11.5 Å². The third-order valence-corrected chi connectivity index (χ3v) is 4.48. The van der Waals surface area contributed by atoms with Crippen molar-refractivity contribution in [1.29, 1.82) is 0 Å². The number of carbonyl (C=O) groups excluding carboxylic acids is 2. The number of anilines is 1. The van der Waals surface area contributed by atoms with Crippen molar-refractivity contribution in [1.82, 2.24) is 10.2 Å². The van der Waals surface area contributed by atoms with Gasteiger partial charge in [-0.3, -0.25) is 5.32 Å². The van der Waals surface area contributed by atoms with Gasteiger partial charge in [-0.05, 0) is 64.1 Å². The molecule has 8 nitrogen and oxygen atoms in total. The van der Waals surface area contributed by atoms with E-state index in [9.17, 15) is 14.0 Å². The summed E-state index contributed by atoms with van der Waals surface area (Å²) in [5.74, 6) is -2.91. The summed E-state index contributed by atoms with van der Waals surface area (Å²) in [5, 5.41) is 10.2. The highest BCUT2D eigenvalue weighted by molar-refractivity contribution is 5.90. The van der Waals surface area contributed by atoms with Gasteiger partial charge in [0.05, 0.1) is 24.2 Å². The van der Waals surface area contributed by atoms with Crippen LogP contribution in [0.1, 0.15) is 33.4 Å². The predicted molar refractivity (Wildman–Crippen MR) is 129 cm³/mol. The normalized spacial score (nSPS) is 11.3. The summed E-state index contributed by atoms with van der Waals surface area (Å²) in [7, 11) is 0. The molecule has 2 aromatic carbocycles. The zero-order valence-corrected chi connectivity index (χ0v) is 20.2. The Morgan fingerprint density at radius 2 is 1.81 bits per heavy atom.